The van der Waals surface area contributed by atoms with Crippen LogP contribution in [-0.4, -0.2) is 10.8 Å². The first-order chi connectivity index (χ1) is 8.66. The standard InChI is InChI=1S/C15H16N2O/c1-11-6-5-7-13(10-11)17-16-12(2)14-8-3-4-9-15(14)18/h3-10,17-18H,1-2H3/b16-12+. The molecule has 0 bridgehead atoms. The average Bonchev–Trinajstić information content (AvgIpc) is 2.37. The summed E-state index contributed by atoms with van der Waals surface area (Å²) in [6.07, 6.45) is 0. The van der Waals surface area contributed by atoms with Gasteiger partial charge >= 0.3 is 0 Å². The van der Waals surface area contributed by atoms with Gasteiger partial charge in [0.05, 0.1) is 11.4 Å². The number of hydrogen-bond donors (Lipinski definition) is 2. The largest absolute Gasteiger partial charge is 0.507 e. The van der Waals surface area contributed by atoms with E-state index in [9.17, 15) is 5.11 Å². The van der Waals surface area contributed by atoms with Gasteiger partial charge in [-0.05, 0) is 43.7 Å². The fourth-order valence-electron chi connectivity index (χ4n) is 1.70. The fraction of sp³-hybridized carbons (Fsp3) is 0.133. The molecule has 0 aromatic heterocycles. The van der Waals surface area contributed by atoms with E-state index in [1.54, 1.807) is 12.1 Å². The first-order valence-corrected chi connectivity index (χ1v) is 5.82. The van der Waals surface area contributed by atoms with Crippen LogP contribution in [0.4, 0.5) is 5.69 Å². The number of aryl methyl sites for hydroxylation is 1. The lowest BCUT2D eigenvalue weighted by Crippen LogP contribution is -2.00. The van der Waals surface area contributed by atoms with E-state index in [0.29, 0.717) is 0 Å². The van der Waals surface area contributed by atoms with Crippen molar-refractivity contribution in [2.75, 3.05) is 5.43 Å². The number of hydrazone groups is 1. The molecule has 0 saturated heterocycles. The normalized spacial score (nSPS) is 11.3. The molecule has 0 fully saturated rings. The second-order valence-corrected chi connectivity index (χ2v) is 4.20. The molecular formula is C15H16N2O. The molecule has 0 radical (unpaired) electrons. The third kappa shape index (κ3) is 2.88. The van der Waals surface area contributed by atoms with Gasteiger partial charge in [-0.1, -0.05) is 24.3 Å². The van der Waals surface area contributed by atoms with Crippen molar-refractivity contribution in [1.29, 1.82) is 0 Å². The molecule has 2 aromatic carbocycles. The Labute approximate surface area is 107 Å². The predicted octanol–water partition coefficient (Wildman–Crippen LogP) is 3.54. The molecule has 2 aromatic rings. The molecule has 0 saturated carbocycles. The van der Waals surface area contributed by atoms with Crippen LogP contribution < -0.4 is 5.43 Å². The summed E-state index contributed by atoms with van der Waals surface area (Å²) in [5, 5.41) is 14.0. The Bertz CT molecular complexity index is 576. The third-order valence-corrected chi connectivity index (χ3v) is 2.66. The molecule has 0 amide bonds. The van der Waals surface area contributed by atoms with E-state index in [1.165, 1.54) is 5.56 Å². The summed E-state index contributed by atoms with van der Waals surface area (Å²) in [5.74, 6) is 0.241. The maximum absolute atomic E-state index is 9.71. The summed E-state index contributed by atoms with van der Waals surface area (Å²) in [5.41, 5.74) is 6.58. The first kappa shape index (κ1) is 12.2. The van der Waals surface area contributed by atoms with Gasteiger partial charge in [-0.15, -0.1) is 0 Å². The SMILES string of the molecule is C/C(=N\Nc1cccc(C)c1)c1ccccc1O. The van der Waals surface area contributed by atoms with Crippen molar-refractivity contribution in [1.82, 2.24) is 0 Å². The van der Waals surface area contributed by atoms with E-state index < -0.39 is 0 Å². The van der Waals surface area contributed by atoms with Crippen LogP contribution in [0.3, 0.4) is 0 Å². The van der Waals surface area contributed by atoms with Crippen molar-refractivity contribution < 1.29 is 5.11 Å². The maximum Gasteiger partial charge on any atom is 0.124 e. The number of nitrogens with zero attached hydrogens (tertiary/aromatic N) is 1. The summed E-state index contributed by atoms with van der Waals surface area (Å²) in [6, 6.07) is 15.1. The topological polar surface area (TPSA) is 44.6 Å². The summed E-state index contributed by atoms with van der Waals surface area (Å²) < 4.78 is 0. The Morgan fingerprint density at radius 1 is 1.11 bits per heavy atom. The predicted molar refractivity (Wildman–Crippen MR) is 75.1 cm³/mol. The van der Waals surface area contributed by atoms with Crippen molar-refractivity contribution in [3.05, 3.63) is 59.7 Å². The summed E-state index contributed by atoms with van der Waals surface area (Å²) >= 11 is 0. The van der Waals surface area contributed by atoms with Crippen LogP contribution in [0.15, 0.2) is 53.6 Å². The van der Waals surface area contributed by atoms with Crippen LogP contribution in [0.5, 0.6) is 5.75 Å². The Kier molecular flexibility index (Phi) is 3.63. The minimum absolute atomic E-state index is 0.241. The highest BCUT2D eigenvalue weighted by atomic mass is 16.3. The van der Waals surface area contributed by atoms with Gasteiger partial charge in [0.1, 0.15) is 5.75 Å². The van der Waals surface area contributed by atoms with Crippen LogP contribution in [-0.2, 0) is 0 Å². The van der Waals surface area contributed by atoms with Gasteiger partial charge in [0.25, 0.3) is 0 Å². The lowest BCUT2D eigenvalue weighted by Gasteiger charge is -2.05. The number of phenols is 1. The number of anilines is 1. The van der Waals surface area contributed by atoms with E-state index in [4.69, 9.17) is 0 Å². The second kappa shape index (κ2) is 5.36. The van der Waals surface area contributed by atoms with Crippen molar-refractivity contribution in [2.24, 2.45) is 5.10 Å². The lowest BCUT2D eigenvalue weighted by molar-refractivity contribution is 0.474. The van der Waals surface area contributed by atoms with Crippen molar-refractivity contribution >= 4 is 11.4 Å². The smallest absolute Gasteiger partial charge is 0.124 e. The Morgan fingerprint density at radius 2 is 1.89 bits per heavy atom. The number of nitrogens with one attached hydrogen (secondary N) is 1. The van der Waals surface area contributed by atoms with Crippen LogP contribution in [0, 0.1) is 6.92 Å². The third-order valence-electron chi connectivity index (χ3n) is 2.66. The van der Waals surface area contributed by atoms with Gasteiger partial charge in [-0.2, -0.15) is 5.10 Å². The molecule has 0 spiro atoms. The monoisotopic (exact) mass is 240 g/mol. The fourth-order valence-corrected chi connectivity index (χ4v) is 1.70. The molecule has 0 atom stereocenters. The van der Waals surface area contributed by atoms with Crippen molar-refractivity contribution in [2.45, 2.75) is 13.8 Å². The number of aromatic hydroxyl groups is 1. The Morgan fingerprint density at radius 3 is 2.61 bits per heavy atom. The molecule has 0 aliphatic heterocycles. The molecule has 0 aliphatic rings. The van der Waals surface area contributed by atoms with Gasteiger partial charge in [-0.25, -0.2) is 0 Å². The van der Waals surface area contributed by atoms with E-state index in [-0.39, 0.29) is 5.75 Å². The molecule has 0 heterocycles. The molecular weight excluding hydrogens is 224 g/mol. The minimum atomic E-state index is 0.241. The highest BCUT2D eigenvalue weighted by Crippen LogP contribution is 2.17. The molecule has 3 heteroatoms. The zero-order chi connectivity index (χ0) is 13.0. The molecule has 3 nitrogen and oxygen atoms in total. The van der Waals surface area contributed by atoms with Gasteiger partial charge in [0, 0.05) is 5.56 Å². The Hall–Kier alpha value is -2.29. The summed E-state index contributed by atoms with van der Waals surface area (Å²) in [6.45, 7) is 3.89. The van der Waals surface area contributed by atoms with Gasteiger partial charge in [0.15, 0.2) is 0 Å². The van der Waals surface area contributed by atoms with Crippen LogP contribution >= 0.6 is 0 Å². The van der Waals surface area contributed by atoms with Crippen molar-refractivity contribution in [3.63, 3.8) is 0 Å². The highest BCUT2D eigenvalue weighted by Gasteiger charge is 2.02. The number of phenolic OH excluding ortho intramolecular Hbond substituents is 1. The zero-order valence-electron chi connectivity index (χ0n) is 10.5. The van der Waals surface area contributed by atoms with E-state index in [2.05, 4.69) is 10.5 Å². The van der Waals surface area contributed by atoms with Gasteiger partial charge < -0.3 is 5.11 Å². The molecule has 92 valence electrons. The Balaban J connectivity index is 2.17. The molecule has 2 rings (SSSR count). The molecule has 18 heavy (non-hydrogen) atoms. The van der Waals surface area contributed by atoms with E-state index >= 15 is 0 Å². The minimum Gasteiger partial charge on any atom is -0.507 e. The maximum atomic E-state index is 9.71. The highest BCUT2D eigenvalue weighted by molar-refractivity contribution is 6.01. The summed E-state index contributed by atoms with van der Waals surface area (Å²) in [7, 11) is 0. The molecule has 2 N–H and O–H groups in total. The van der Waals surface area contributed by atoms with Crippen molar-refractivity contribution in [3.8, 4) is 5.75 Å². The van der Waals surface area contributed by atoms with Gasteiger partial charge in [-0.3, -0.25) is 5.43 Å². The number of rotatable bonds is 3. The van der Waals surface area contributed by atoms with Crippen LogP contribution in [0.1, 0.15) is 18.1 Å². The molecule has 0 aliphatic carbocycles. The number of hydrogen-bond acceptors (Lipinski definition) is 3. The zero-order valence-corrected chi connectivity index (χ0v) is 10.5. The van der Waals surface area contributed by atoms with E-state index in [0.717, 1.165) is 17.0 Å². The number of para-hydroxylation sites is 1. The summed E-state index contributed by atoms with van der Waals surface area (Å²) in [4.78, 5) is 0. The van der Waals surface area contributed by atoms with Crippen LogP contribution in [0.25, 0.3) is 0 Å². The van der Waals surface area contributed by atoms with E-state index in [1.807, 2.05) is 50.2 Å². The quantitative estimate of drug-likeness (QED) is 0.636. The van der Waals surface area contributed by atoms with Crippen LogP contribution in [0.2, 0.25) is 0 Å². The average molecular weight is 240 g/mol. The number of benzene rings is 2. The van der Waals surface area contributed by atoms with Gasteiger partial charge in [0.2, 0.25) is 0 Å². The second-order valence-electron chi connectivity index (χ2n) is 4.20. The first-order valence-electron chi connectivity index (χ1n) is 5.82. The lowest BCUT2D eigenvalue weighted by atomic mass is 10.1. The molecule has 0 unspecified atom stereocenters.